The van der Waals surface area contributed by atoms with Crippen LogP contribution in [0.3, 0.4) is 0 Å². The number of nitrogens with zero attached hydrogens (tertiary/aromatic N) is 1. The van der Waals surface area contributed by atoms with Crippen LogP contribution in [0.2, 0.25) is 0 Å². The van der Waals surface area contributed by atoms with E-state index in [1.165, 1.54) is 6.07 Å². The van der Waals surface area contributed by atoms with Crippen LogP contribution in [-0.2, 0) is 0 Å². The Bertz CT molecular complexity index is 519. The number of hydrogen-bond acceptors (Lipinski definition) is 2. The zero-order chi connectivity index (χ0) is 12.4. The minimum absolute atomic E-state index is 0.194. The Labute approximate surface area is 105 Å². The monoisotopic (exact) mass is 249 g/mol. The lowest BCUT2D eigenvalue weighted by atomic mass is 10.1. The molecule has 90 valence electrons. The number of rotatable bonds is 3. The van der Waals surface area contributed by atoms with Gasteiger partial charge in [0.05, 0.1) is 15.6 Å². The van der Waals surface area contributed by atoms with Crippen molar-refractivity contribution < 1.29 is 4.39 Å². The molecule has 1 nitrogen and oxygen atoms in total. The molecule has 0 amide bonds. The zero-order valence-electron chi connectivity index (χ0n) is 10.3. The normalized spacial score (nSPS) is 12.7. The van der Waals surface area contributed by atoms with Gasteiger partial charge in [-0.15, -0.1) is 11.3 Å². The smallest absolute Gasteiger partial charge is 0.123 e. The quantitative estimate of drug-likeness (QED) is 0.763. The van der Waals surface area contributed by atoms with Crippen molar-refractivity contribution in [2.45, 2.75) is 33.1 Å². The molecule has 1 aromatic heterocycles. The van der Waals surface area contributed by atoms with E-state index in [0.717, 1.165) is 27.6 Å². The van der Waals surface area contributed by atoms with E-state index in [1.807, 2.05) is 13.0 Å². The molecule has 0 aliphatic heterocycles. The van der Waals surface area contributed by atoms with Gasteiger partial charge in [-0.25, -0.2) is 9.37 Å². The van der Waals surface area contributed by atoms with Crippen LogP contribution in [0.1, 0.15) is 36.9 Å². The summed E-state index contributed by atoms with van der Waals surface area (Å²) in [6.07, 6.45) is 1.08. The number of aromatic nitrogens is 1. The van der Waals surface area contributed by atoms with Crippen LogP contribution in [0.4, 0.5) is 4.39 Å². The van der Waals surface area contributed by atoms with Gasteiger partial charge in [0.25, 0.3) is 0 Å². The van der Waals surface area contributed by atoms with E-state index in [2.05, 4.69) is 18.8 Å². The lowest BCUT2D eigenvalue weighted by Crippen LogP contribution is -1.89. The number of benzene rings is 1. The molecule has 0 aliphatic rings. The van der Waals surface area contributed by atoms with Gasteiger partial charge < -0.3 is 0 Å². The maximum atomic E-state index is 13.2. The molecule has 1 aromatic carbocycles. The molecule has 0 spiro atoms. The molecule has 0 N–H and O–H groups in total. The molecule has 0 fully saturated rings. The van der Waals surface area contributed by atoms with Crippen LogP contribution in [0.5, 0.6) is 0 Å². The first kappa shape index (κ1) is 12.2. The maximum Gasteiger partial charge on any atom is 0.123 e. The molecule has 0 radical (unpaired) electrons. The lowest BCUT2D eigenvalue weighted by Gasteiger charge is -2.01. The largest absolute Gasteiger partial charge is 0.246 e. The second kappa shape index (κ2) is 4.96. The molecule has 0 saturated heterocycles. The molecule has 1 heterocycles. The van der Waals surface area contributed by atoms with Gasteiger partial charge in [0.2, 0.25) is 0 Å². The fourth-order valence-corrected chi connectivity index (χ4v) is 2.90. The summed E-state index contributed by atoms with van der Waals surface area (Å²) in [4.78, 5) is 5.67. The number of halogens is 1. The van der Waals surface area contributed by atoms with Gasteiger partial charge in [-0.1, -0.05) is 26.0 Å². The van der Waals surface area contributed by atoms with E-state index in [-0.39, 0.29) is 5.82 Å². The van der Waals surface area contributed by atoms with Crippen molar-refractivity contribution in [3.05, 3.63) is 40.8 Å². The van der Waals surface area contributed by atoms with Crippen molar-refractivity contribution in [3.63, 3.8) is 0 Å². The Kier molecular flexibility index (Phi) is 3.57. The van der Waals surface area contributed by atoms with Crippen molar-refractivity contribution >= 4 is 11.3 Å². The molecular formula is C14H16FNS. The van der Waals surface area contributed by atoms with E-state index < -0.39 is 0 Å². The Morgan fingerprint density at radius 2 is 2.18 bits per heavy atom. The van der Waals surface area contributed by atoms with Crippen LogP contribution in [-0.4, -0.2) is 4.98 Å². The minimum atomic E-state index is -0.194. The van der Waals surface area contributed by atoms with E-state index in [1.54, 1.807) is 23.5 Å². The van der Waals surface area contributed by atoms with Crippen LogP contribution in [0, 0.1) is 12.7 Å². The van der Waals surface area contributed by atoms with Crippen molar-refractivity contribution in [2.24, 2.45) is 0 Å². The van der Waals surface area contributed by atoms with Crippen molar-refractivity contribution in [3.8, 4) is 10.4 Å². The molecule has 3 heteroatoms. The molecule has 17 heavy (non-hydrogen) atoms. The van der Waals surface area contributed by atoms with Gasteiger partial charge in [0.15, 0.2) is 0 Å². The van der Waals surface area contributed by atoms with Crippen LogP contribution >= 0.6 is 11.3 Å². The summed E-state index contributed by atoms with van der Waals surface area (Å²) < 4.78 is 13.2. The number of thiazole rings is 1. The molecule has 0 bridgehead atoms. The fraction of sp³-hybridized carbons (Fsp3) is 0.357. The maximum absolute atomic E-state index is 13.2. The highest BCUT2D eigenvalue weighted by molar-refractivity contribution is 7.15. The van der Waals surface area contributed by atoms with Gasteiger partial charge in [-0.2, -0.15) is 0 Å². The van der Waals surface area contributed by atoms with E-state index >= 15 is 0 Å². The first-order valence-electron chi connectivity index (χ1n) is 5.85. The Morgan fingerprint density at radius 3 is 2.82 bits per heavy atom. The predicted octanol–water partition coefficient (Wildman–Crippen LogP) is 4.77. The molecule has 1 atom stereocenters. The molecule has 2 rings (SSSR count). The molecule has 1 unspecified atom stereocenters. The second-order valence-corrected chi connectivity index (χ2v) is 5.32. The summed E-state index contributed by atoms with van der Waals surface area (Å²) in [6.45, 7) is 6.32. The highest BCUT2D eigenvalue weighted by atomic mass is 32.1. The standard InChI is InChI=1S/C14H16FNS/c1-4-9(2)14-16-10(3)13(17-14)11-6-5-7-12(15)8-11/h5-9H,4H2,1-3H3. The van der Waals surface area contributed by atoms with Gasteiger partial charge in [0, 0.05) is 5.92 Å². The van der Waals surface area contributed by atoms with Gasteiger partial charge in [-0.05, 0) is 31.0 Å². The number of aryl methyl sites for hydroxylation is 1. The first-order chi connectivity index (χ1) is 8.11. The molecule has 2 aromatic rings. The minimum Gasteiger partial charge on any atom is -0.246 e. The van der Waals surface area contributed by atoms with Crippen LogP contribution in [0.25, 0.3) is 10.4 Å². The third-order valence-electron chi connectivity index (χ3n) is 2.93. The second-order valence-electron chi connectivity index (χ2n) is 4.29. The predicted molar refractivity (Wildman–Crippen MR) is 71.0 cm³/mol. The van der Waals surface area contributed by atoms with Gasteiger partial charge >= 0.3 is 0 Å². The van der Waals surface area contributed by atoms with Gasteiger partial charge in [0.1, 0.15) is 5.82 Å². The molecule has 0 aliphatic carbocycles. The van der Waals surface area contributed by atoms with E-state index in [9.17, 15) is 4.39 Å². The summed E-state index contributed by atoms with van der Waals surface area (Å²) in [7, 11) is 0. The van der Waals surface area contributed by atoms with Crippen molar-refractivity contribution in [1.29, 1.82) is 0 Å². The Hall–Kier alpha value is -1.22. The third kappa shape index (κ3) is 2.55. The fourth-order valence-electron chi connectivity index (χ4n) is 1.70. The average Bonchev–Trinajstić information content (AvgIpc) is 2.70. The Balaban J connectivity index is 2.42. The third-order valence-corrected chi connectivity index (χ3v) is 4.37. The molecule has 0 saturated carbocycles. The summed E-state index contributed by atoms with van der Waals surface area (Å²) in [6, 6.07) is 6.72. The van der Waals surface area contributed by atoms with Crippen LogP contribution < -0.4 is 0 Å². The van der Waals surface area contributed by atoms with Crippen LogP contribution in [0.15, 0.2) is 24.3 Å². The average molecular weight is 249 g/mol. The highest BCUT2D eigenvalue weighted by Gasteiger charge is 2.13. The van der Waals surface area contributed by atoms with Crippen molar-refractivity contribution in [2.75, 3.05) is 0 Å². The molecular weight excluding hydrogens is 233 g/mol. The van der Waals surface area contributed by atoms with E-state index in [4.69, 9.17) is 0 Å². The number of hydrogen-bond donors (Lipinski definition) is 0. The summed E-state index contributed by atoms with van der Waals surface area (Å²) >= 11 is 1.68. The van der Waals surface area contributed by atoms with Crippen molar-refractivity contribution in [1.82, 2.24) is 4.98 Å². The highest BCUT2D eigenvalue weighted by Crippen LogP contribution is 2.34. The summed E-state index contributed by atoms with van der Waals surface area (Å²) in [5.41, 5.74) is 1.92. The Morgan fingerprint density at radius 1 is 1.41 bits per heavy atom. The SMILES string of the molecule is CCC(C)c1nc(C)c(-c2cccc(F)c2)s1. The van der Waals surface area contributed by atoms with Gasteiger partial charge in [-0.3, -0.25) is 0 Å². The topological polar surface area (TPSA) is 12.9 Å². The summed E-state index contributed by atoms with van der Waals surface area (Å²) in [5.74, 6) is 0.279. The zero-order valence-corrected chi connectivity index (χ0v) is 11.1. The summed E-state index contributed by atoms with van der Waals surface area (Å²) in [5, 5.41) is 1.14. The first-order valence-corrected chi connectivity index (χ1v) is 6.66. The lowest BCUT2D eigenvalue weighted by molar-refractivity contribution is 0.628. The van der Waals surface area contributed by atoms with E-state index in [0.29, 0.717) is 5.92 Å².